The summed E-state index contributed by atoms with van der Waals surface area (Å²) in [7, 11) is -3.41. The summed E-state index contributed by atoms with van der Waals surface area (Å²) in [5, 5.41) is 2.80. The number of nitrogens with one attached hydrogen (secondary N) is 1. The largest absolute Gasteiger partial charge is 0.356 e. The molecule has 0 saturated heterocycles. The van der Waals surface area contributed by atoms with E-state index < -0.39 is 10.0 Å². The Labute approximate surface area is 127 Å². The van der Waals surface area contributed by atoms with Gasteiger partial charge in [0.1, 0.15) is 0 Å². The molecule has 0 fully saturated rings. The topological polar surface area (TPSA) is 66.5 Å². The molecular weight excluding hydrogens is 288 g/mol. The van der Waals surface area contributed by atoms with Crippen molar-refractivity contribution in [3.63, 3.8) is 0 Å². The molecule has 0 unspecified atom stereocenters. The highest BCUT2D eigenvalue weighted by Crippen LogP contribution is 2.22. The Kier molecular flexibility index (Phi) is 6.68. The molecule has 1 amide bonds. The smallest absolute Gasteiger partial charge is 0.232 e. The molecule has 21 heavy (non-hydrogen) atoms. The Balaban J connectivity index is 2.74. The maximum absolute atomic E-state index is 12.0. The zero-order valence-corrected chi connectivity index (χ0v) is 13.7. The van der Waals surface area contributed by atoms with E-state index in [0.717, 1.165) is 24.7 Å². The maximum atomic E-state index is 12.0. The minimum absolute atomic E-state index is 0.120. The van der Waals surface area contributed by atoms with E-state index >= 15 is 0 Å². The number of para-hydroxylation sites is 1. The minimum Gasteiger partial charge on any atom is -0.356 e. The van der Waals surface area contributed by atoms with Crippen molar-refractivity contribution in [2.75, 3.05) is 23.7 Å². The summed E-state index contributed by atoms with van der Waals surface area (Å²) in [5.41, 5.74) is 1.50. The van der Waals surface area contributed by atoms with Gasteiger partial charge in [-0.05, 0) is 25.0 Å². The van der Waals surface area contributed by atoms with Gasteiger partial charge in [0.15, 0.2) is 0 Å². The van der Waals surface area contributed by atoms with Crippen LogP contribution in [0.4, 0.5) is 5.69 Å². The monoisotopic (exact) mass is 312 g/mol. The number of carbonyl (C=O) groups excluding carboxylic acids is 1. The average Bonchev–Trinajstić information content (AvgIpc) is 2.40. The van der Waals surface area contributed by atoms with Gasteiger partial charge in [-0.2, -0.15) is 0 Å². The van der Waals surface area contributed by atoms with Gasteiger partial charge < -0.3 is 5.32 Å². The Morgan fingerprint density at radius 1 is 1.29 bits per heavy atom. The van der Waals surface area contributed by atoms with Crippen LogP contribution in [0.15, 0.2) is 24.3 Å². The summed E-state index contributed by atoms with van der Waals surface area (Å²) in [6.45, 7) is 4.70. The van der Waals surface area contributed by atoms with Gasteiger partial charge in [0.2, 0.25) is 15.9 Å². The lowest BCUT2D eigenvalue weighted by atomic mass is 10.2. The fourth-order valence-electron chi connectivity index (χ4n) is 2.00. The molecule has 0 heterocycles. The lowest BCUT2D eigenvalue weighted by Gasteiger charge is -2.23. The molecule has 0 aliphatic heterocycles. The lowest BCUT2D eigenvalue weighted by molar-refractivity contribution is -0.120. The van der Waals surface area contributed by atoms with E-state index in [0.29, 0.717) is 12.2 Å². The first kappa shape index (κ1) is 17.5. The van der Waals surface area contributed by atoms with E-state index in [9.17, 15) is 13.2 Å². The minimum atomic E-state index is -3.41. The summed E-state index contributed by atoms with van der Waals surface area (Å²) in [4.78, 5) is 11.7. The zero-order chi connectivity index (χ0) is 15.9. The fourth-order valence-corrected chi connectivity index (χ4v) is 2.99. The molecule has 1 aromatic carbocycles. The van der Waals surface area contributed by atoms with Crippen molar-refractivity contribution in [2.24, 2.45) is 0 Å². The summed E-state index contributed by atoms with van der Waals surface area (Å²) in [6.07, 6.45) is 3.26. The number of carbonyl (C=O) groups is 1. The third-order valence-corrected chi connectivity index (χ3v) is 4.36. The number of aryl methyl sites for hydroxylation is 1. The molecular formula is C15H24N2O3S. The van der Waals surface area contributed by atoms with Crippen LogP contribution in [-0.4, -0.2) is 33.7 Å². The van der Waals surface area contributed by atoms with E-state index in [-0.39, 0.29) is 18.9 Å². The molecule has 6 heteroatoms. The number of hydrogen-bond acceptors (Lipinski definition) is 3. The predicted octanol–water partition coefficient (Wildman–Crippen LogP) is 2.07. The third-order valence-electron chi connectivity index (χ3n) is 3.18. The zero-order valence-electron chi connectivity index (χ0n) is 12.9. The summed E-state index contributed by atoms with van der Waals surface area (Å²) in [6, 6.07) is 7.26. The first-order valence-corrected chi connectivity index (χ1v) is 9.01. The van der Waals surface area contributed by atoms with Gasteiger partial charge in [-0.25, -0.2) is 8.42 Å². The van der Waals surface area contributed by atoms with Crippen molar-refractivity contribution in [1.82, 2.24) is 5.32 Å². The quantitative estimate of drug-likeness (QED) is 0.747. The van der Waals surface area contributed by atoms with Crippen LogP contribution in [-0.2, 0) is 14.8 Å². The van der Waals surface area contributed by atoms with Gasteiger partial charge in [-0.15, -0.1) is 0 Å². The molecule has 1 rings (SSSR count). The highest BCUT2D eigenvalue weighted by atomic mass is 32.2. The Morgan fingerprint density at radius 2 is 1.95 bits per heavy atom. The lowest BCUT2D eigenvalue weighted by Crippen LogP contribution is -2.35. The number of hydrogen-bond donors (Lipinski definition) is 1. The van der Waals surface area contributed by atoms with E-state index in [1.165, 1.54) is 4.31 Å². The van der Waals surface area contributed by atoms with Crippen LogP contribution in [0.2, 0.25) is 0 Å². The molecule has 1 aromatic rings. The number of sulfonamides is 1. The second kappa shape index (κ2) is 8.02. The molecule has 0 aliphatic rings. The van der Waals surface area contributed by atoms with E-state index in [4.69, 9.17) is 0 Å². The van der Waals surface area contributed by atoms with Crippen LogP contribution in [0.3, 0.4) is 0 Å². The van der Waals surface area contributed by atoms with Crippen molar-refractivity contribution < 1.29 is 13.2 Å². The molecule has 0 spiro atoms. The number of amides is 1. The first-order chi connectivity index (χ1) is 9.86. The molecule has 0 radical (unpaired) electrons. The number of benzene rings is 1. The Hall–Kier alpha value is -1.56. The van der Waals surface area contributed by atoms with Crippen molar-refractivity contribution >= 4 is 21.6 Å². The van der Waals surface area contributed by atoms with Gasteiger partial charge >= 0.3 is 0 Å². The van der Waals surface area contributed by atoms with Crippen LogP contribution in [0.25, 0.3) is 0 Å². The Morgan fingerprint density at radius 3 is 2.52 bits per heavy atom. The van der Waals surface area contributed by atoms with E-state index in [2.05, 4.69) is 12.2 Å². The maximum Gasteiger partial charge on any atom is 0.232 e. The highest BCUT2D eigenvalue weighted by molar-refractivity contribution is 7.92. The molecule has 5 nitrogen and oxygen atoms in total. The molecule has 118 valence electrons. The van der Waals surface area contributed by atoms with Crippen LogP contribution in [0, 0.1) is 6.92 Å². The van der Waals surface area contributed by atoms with Crippen molar-refractivity contribution in [3.05, 3.63) is 29.8 Å². The standard InChI is InChI=1S/C15H24N2O3S/c1-4-5-11-16-15(18)10-12-17(21(3,19)20)14-9-7-6-8-13(14)2/h6-9H,4-5,10-12H2,1-3H3,(H,16,18). The van der Waals surface area contributed by atoms with Gasteiger partial charge in [-0.3, -0.25) is 9.10 Å². The van der Waals surface area contributed by atoms with Crippen molar-refractivity contribution in [1.29, 1.82) is 0 Å². The Bertz CT molecular complexity index is 570. The number of rotatable bonds is 8. The summed E-state index contributed by atoms with van der Waals surface area (Å²) >= 11 is 0. The molecule has 1 N–H and O–H groups in total. The second-order valence-electron chi connectivity index (χ2n) is 5.08. The number of unbranched alkanes of at least 4 members (excludes halogenated alkanes) is 1. The van der Waals surface area contributed by atoms with Gasteiger partial charge in [-0.1, -0.05) is 31.5 Å². The molecule has 0 aromatic heterocycles. The molecule has 0 saturated carbocycles. The van der Waals surface area contributed by atoms with E-state index in [1.54, 1.807) is 12.1 Å². The SMILES string of the molecule is CCCCNC(=O)CCN(c1ccccc1C)S(C)(=O)=O. The van der Waals surface area contributed by atoms with Crippen LogP contribution < -0.4 is 9.62 Å². The molecule has 0 atom stereocenters. The highest BCUT2D eigenvalue weighted by Gasteiger charge is 2.19. The second-order valence-corrected chi connectivity index (χ2v) is 6.98. The van der Waals surface area contributed by atoms with Gasteiger partial charge in [0.05, 0.1) is 11.9 Å². The van der Waals surface area contributed by atoms with Crippen molar-refractivity contribution in [3.8, 4) is 0 Å². The van der Waals surface area contributed by atoms with Crippen LogP contribution >= 0.6 is 0 Å². The third kappa shape index (κ3) is 5.75. The van der Waals surface area contributed by atoms with E-state index in [1.807, 2.05) is 19.1 Å². The molecule has 0 aliphatic carbocycles. The van der Waals surface area contributed by atoms with Crippen LogP contribution in [0.5, 0.6) is 0 Å². The number of anilines is 1. The van der Waals surface area contributed by atoms with Gasteiger partial charge in [0, 0.05) is 19.5 Å². The fraction of sp³-hybridized carbons (Fsp3) is 0.533. The van der Waals surface area contributed by atoms with Crippen LogP contribution in [0.1, 0.15) is 31.7 Å². The predicted molar refractivity (Wildman–Crippen MR) is 85.9 cm³/mol. The van der Waals surface area contributed by atoms with Gasteiger partial charge in [0.25, 0.3) is 0 Å². The number of nitrogens with zero attached hydrogens (tertiary/aromatic N) is 1. The summed E-state index contributed by atoms with van der Waals surface area (Å²) in [5.74, 6) is -0.120. The summed E-state index contributed by atoms with van der Waals surface area (Å²) < 4.78 is 25.2. The first-order valence-electron chi connectivity index (χ1n) is 7.16. The normalized spacial score (nSPS) is 11.2. The average molecular weight is 312 g/mol. The molecule has 0 bridgehead atoms. The van der Waals surface area contributed by atoms with Crippen molar-refractivity contribution in [2.45, 2.75) is 33.1 Å².